The van der Waals surface area contributed by atoms with Crippen molar-refractivity contribution in [2.75, 3.05) is 0 Å². The van der Waals surface area contributed by atoms with Gasteiger partial charge in [0.25, 0.3) is 0 Å². The molecule has 2 heterocycles. The van der Waals surface area contributed by atoms with Gasteiger partial charge in [0.05, 0.1) is 11.0 Å². The van der Waals surface area contributed by atoms with Crippen LogP contribution in [0.4, 0.5) is 0 Å². The van der Waals surface area contributed by atoms with E-state index in [4.69, 9.17) is 0 Å². The number of rotatable bonds is 3. The predicted molar refractivity (Wildman–Crippen MR) is 102 cm³/mol. The highest BCUT2D eigenvalue weighted by Gasteiger charge is 2.14. The topological polar surface area (TPSA) is 35.6 Å². The van der Waals surface area contributed by atoms with Crippen molar-refractivity contribution in [1.29, 1.82) is 0 Å². The molecule has 2 aromatic carbocycles. The van der Waals surface area contributed by atoms with Crippen LogP contribution in [0.15, 0.2) is 54.9 Å². The van der Waals surface area contributed by atoms with E-state index in [-0.39, 0.29) is 0 Å². The van der Waals surface area contributed by atoms with Crippen LogP contribution in [0.3, 0.4) is 0 Å². The van der Waals surface area contributed by atoms with E-state index in [9.17, 15) is 0 Å². The summed E-state index contributed by atoms with van der Waals surface area (Å²) < 4.78 is 4.41. The van der Waals surface area contributed by atoms with Gasteiger partial charge in [0, 0.05) is 29.7 Å². The second-order valence-corrected chi connectivity index (χ2v) is 6.79. The molecule has 4 rings (SSSR count). The Bertz CT molecular complexity index is 1050. The van der Waals surface area contributed by atoms with Crippen molar-refractivity contribution in [1.82, 2.24) is 19.1 Å². The molecule has 0 N–H and O–H groups in total. The fraction of sp³-hybridized carbons (Fsp3) is 0.238. The summed E-state index contributed by atoms with van der Waals surface area (Å²) in [5.41, 5.74) is 5.65. The second kappa shape index (κ2) is 5.88. The van der Waals surface area contributed by atoms with E-state index in [0.717, 1.165) is 33.9 Å². The van der Waals surface area contributed by atoms with Gasteiger partial charge in [-0.2, -0.15) is 0 Å². The minimum atomic E-state index is 0.372. The lowest BCUT2D eigenvalue weighted by Gasteiger charge is -2.12. The normalized spacial score (nSPS) is 11.6. The molecular formula is C21H22N4. The van der Waals surface area contributed by atoms with Crippen molar-refractivity contribution in [3.63, 3.8) is 0 Å². The fourth-order valence-electron chi connectivity index (χ4n) is 3.51. The van der Waals surface area contributed by atoms with Crippen molar-refractivity contribution in [3.05, 3.63) is 66.2 Å². The molecule has 0 bridgehead atoms. The molecule has 0 amide bonds. The van der Waals surface area contributed by atoms with E-state index in [1.807, 2.05) is 12.4 Å². The van der Waals surface area contributed by atoms with Crippen LogP contribution >= 0.6 is 0 Å². The molecule has 0 saturated heterocycles. The Kier molecular flexibility index (Phi) is 3.68. The maximum Gasteiger partial charge on any atom is 0.144 e. The van der Waals surface area contributed by atoms with Gasteiger partial charge in [-0.25, -0.2) is 9.97 Å². The number of aromatic nitrogens is 4. The molecule has 0 aliphatic heterocycles. The first-order valence-electron chi connectivity index (χ1n) is 8.64. The van der Waals surface area contributed by atoms with Crippen LogP contribution in [0.5, 0.6) is 0 Å². The van der Waals surface area contributed by atoms with Crippen LogP contribution in [-0.2, 0) is 0 Å². The summed E-state index contributed by atoms with van der Waals surface area (Å²) in [6.45, 7) is 8.55. The van der Waals surface area contributed by atoms with E-state index in [2.05, 4.69) is 89.3 Å². The van der Waals surface area contributed by atoms with Gasteiger partial charge in [0.15, 0.2) is 0 Å². The maximum absolute atomic E-state index is 4.68. The third-order valence-electron chi connectivity index (χ3n) is 4.56. The summed E-state index contributed by atoms with van der Waals surface area (Å²) in [5.74, 6) is 1.99. The highest BCUT2D eigenvalue weighted by atomic mass is 15.1. The Morgan fingerprint density at radius 1 is 1.00 bits per heavy atom. The highest BCUT2D eigenvalue weighted by Crippen LogP contribution is 2.28. The third-order valence-corrected chi connectivity index (χ3v) is 4.56. The Labute approximate surface area is 147 Å². The Morgan fingerprint density at radius 3 is 2.60 bits per heavy atom. The number of fused-ring (bicyclic) bond motifs is 1. The summed E-state index contributed by atoms with van der Waals surface area (Å²) in [7, 11) is 0. The van der Waals surface area contributed by atoms with Crippen LogP contribution in [-0.4, -0.2) is 19.1 Å². The number of nitrogens with zero attached hydrogens (tertiary/aromatic N) is 4. The molecule has 4 nitrogen and oxygen atoms in total. The minimum absolute atomic E-state index is 0.372. The Morgan fingerprint density at radius 2 is 1.84 bits per heavy atom. The van der Waals surface area contributed by atoms with E-state index in [0.29, 0.717) is 6.04 Å². The molecule has 0 fully saturated rings. The van der Waals surface area contributed by atoms with Crippen LogP contribution in [0, 0.1) is 13.8 Å². The second-order valence-electron chi connectivity index (χ2n) is 6.79. The van der Waals surface area contributed by atoms with E-state index in [1.54, 1.807) is 0 Å². The number of hydrogen-bond acceptors (Lipinski definition) is 2. The quantitative estimate of drug-likeness (QED) is 0.525. The molecule has 0 unspecified atom stereocenters. The average molecular weight is 330 g/mol. The number of hydrogen-bond donors (Lipinski definition) is 0. The van der Waals surface area contributed by atoms with Crippen LogP contribution in [0.2, 0.25) is 0 Å². The first-order chi connectivity index (χ1) is 12.0. The molecule has 126 valence electrons. The van der Waals surface area contributed by atoms with Gasteiger partial charge in [-0.1, -0.05) is 12.1 Å². The molecule has 4 aromatic rings. The molecule has 0 radical (unpaired) electrons. The zero-order chi connectivity index (χ0) is 17.6. The largest absolute Gasteiger partial charge is 0.326 e. The van der Waals surface area contributed by atoms with Gasteiger partial charge in [-0.15, -0.1) is 0 Å². The van der Waals surface area contributed by atoms with Crippen LogP contribution in [0.1, 0.15) is 31.3 Å². The molecular weight excluding hydrogens is 308 g/mol. The highest BCUT2D eigenvalue weighted by molar-refractivity contribution is 5.81. The summed E-state index contributed by atoms with van der Waals surface area (Å²) in [6, 6.07) is 15.2. The zero-order valence-electron chi connectivity index (χ0n) is 15.1. The SMILES string of the molecule is Cc1cccc(-n2ccnc2-c2ccc3nc(C)n(C(C)C)c3c2)c1. The van der Waals surface area contributed by atoms with Gasteiger partial charge in [0.1, 0.15) is 11.6 Å². The molecule has 2 aromatic heterocycles. The zero-order valence-corrected chi connectivity index (χ0v) is 15.1. The van der Waals surface area contributed by atoms with Gasteiger partial charge in [0.2, 0.25) is 0 Å². The first kappa shape index (κ1) is 15.6. The van der Waals surface area contributed by atoms with Gasteiger partial charge < -0.3 is 4.57 Å². The molecule has 4 heteroatoms. The van der Waals surface area contributed by atoms with E-state index in [1.165, 1.54) is 5.56 Å². The third kappa shape index (κ3) is 2.64. The number of imidazole rings is 2. The van der Waals surface area contributed by atoms with E-state index >= 15 is 0 Å². The van der Waals surface area contributed by atoms with Gasteiger partial charge >= 0.3 is 0 Å². The summed E-state index contributed by atoms with van der Waals surface area (Å²) in [6.07, 6.45) is 3.87. The minimum Gasteiger partial charge on any atom is -0.326 e. The molecule has 0 atom stereocenters. The van der Waals surface area contributed by atoms with Crippen molar-refractivity contribution in [3.8, 4) is 17.1 Å². The van der Waals surface area contributed by atoms with Crippen molar-refractivity contribution in [2.45, 2.75) is 33.7 Å². The summed E-state index contributed by atoms with van der Waals surface area (Å²) in [5, 5.41) is 0. The van der Waals surface area contributed by atoms with Gasteiger partial charge in [-0.3, -0.25) is 4.57 Å². The van der Waals surface area contributed by atoms with Crippen molar-refractivity contribution >= 4 is 11.0 Å². The predicted octanol–water partition coefficient (Wildman–Crippen LogP) is 5.09. The van der Waals surface area contributed by atoms with Crippen molar-refractivity contribution in [2.24, 2.45) is 0 Å². The lowest BCUT2D eigenvalue weighted by Crippen LogP contribution is -2.03. The number of benzene rings is 2. The van der Waals surface area contributed by atoms with Gasteiger partial charge in [-0.05, 0) is 63.6 Å². The summed E-state index contributed by atoms with van der Waals surface area (Å²) in [4.78, 5) is 9.30. The lowest BCUT2D eigenvalue weighted by molar-refractivity contribution is 0.600. The smallest absolute Gasteiger partial charge is 0.144 e. The number of aryl methyl sites for hydroxylation is 2. The molecule has 0 aliphatic carbocycles. The lowest BCUT2D eigenvalue weighted by atomic mass is 10.1. The van der Waals surface area contributed by atoms with Crippen molar-refractivity contribution < 1.29 is 0 Å². The standard InChI is InChI=1S/C21H22N4/c1-14(2)25-16(4)23-19-9-8-17(13-20(19)25)21-22-10-11-24(21)18-7-5-6-15(3)12-18/h5-14H,1-4H3. The Hall–Kier alpha value is -2.88. The maximum atomic E-state index is 4.68. The summed E-state index contributed by atoms with van der Waals surface area (Å²) >= 11 is 0. The fourth-order valence-corrected chi connectivity index (χ4v) is 3.51. The van der Waals surface area contributed by atoms with Crippen LogP contribution < -0.4 is 0 Å². The first-order valence-corrected chi connectivity index (χ1v) is 8.64. The average Bonchev–Trinajstić information content (AvgIpc) is 3.17. The molecule has 25 heavy (non-hydrogen) atoms. The van der Waals surface area contributed by atoms with E-state index < -0.39 is 0 Å². The molecule has 0 aliphatic rings. The Balaban J connectivity index is 1.89. The monoisotopic (exact) mass is 330 g/mol. The molecule has 0 saturated carbocycles. The van der Waals surface area contributed by atoms with Crippen LogP contribution in [0.25, 0.3) is 28.1 Å². The molecule has 0 spiro atoms.